The molecular weight excluding hydrogens is 342 g/mol. The van der Waals surface area contributed by atoms with Gasteiger partial charge in [0.05, 0.1) is 6.04 Å². The number of carbonyl (C=O) groups excluding carboxylic acids is 1. The molecule has 1 atom stereocenters. The maximum Gasteiger partial charge on any atom is 0.224 e. The first kappa shape index (κ1) is 17.3. The van der Waals surface area contributed by atoms with Crippen molar-refractivity contribution in [3.63, 3.8) is 0 Å². The molecule has 0 aliphatic carbocycles. The first-order valence-electron chi connectivity index (χ1n) is 8.02. The molecule has 126 valence electrons. The molecular formula is C18H20ClN3OS. The van der Waals surface area contributed by atoms with Crippen LogP contribution in [0.4, 0.5) is 0 Å². The van der Waals surface area contributed by atoms with Crippen LogP contribution in [-0.4, -0.2) is 41.2 Å². The monoisotopic (exact) mass is 361 g/mol. The number of benzene rings is 1. The average Bonchev–Trinajstić information content (AvgIpc) is 2.64. The summed E-state index contributed by atoms with van der Waals surface area (Å²) in [4.78, 5) is 20.0. The van der Waals surface area contributed by atoms with E-state index in [-0.39, 0.29) is 11.9 Å². The molecule has 0 radical (unpaired) electrons. The Kier molecular flexibility index (Phi) is 6.12. The largest absolute Gasteiger partial charge is 0.333 e. The molecule has 6 heteroatoms. The standard InChI is InChI=1S/C18H20ClN3OS/c19-15-3-5-16(6-4-15)24-11-7-18(23)22-10-9-21-13-17(22)14-2-1-8-20-12-14/h1-6,8,12,17,21H,7,9-11,13H2. The summed E-state index contributed by atoms with van der Waals surface area (Å²) in [5.74, 6) is 0.969. The normalized spacial score (nSPS) is 17.7. The number of halogens is 1. The maximum absolute atomic E-state index is 12.7. The van der Waals surface area contributed by atoms with Crippen LogP contribution in [0.5, 0.6) is 0 Å². The second kappa shape index (κ2) is 8.51. The number of pyridine rings is 1. The number of aromatic nitrogens is 1. The lowest BCUT2D eigenvalue weighted by atomic mass is 10.1. The van der Waals surface area contributed by atoms with Crippen LogP contribution in [0.2, 0.25) is 5.02 Å². The van der Waals surface area contributed by atoms with Crippen LogP contribution >= 0.6 is 23.4 Å². The van der Waals surface area contributed by atoms with Gasteiger partial charge in [0, 0.05) is 54.1 Å². The Balaban J connectivity index is 1.57. The van der Waals surface area contributed by atoms with Gasteiger partial charge in [-0.3, -0.25) is 9.78 Å². The fourth-order valence-electron chi connectivity index (χ4n) is 2.80. The third-order valence-electron chi connectivity index (χ3n) is 4.03. The van der Waals surface area contributed by atoms with Gasteiger partial charge in [0.1, 0.15) is 0 Å². The van der Waals surface area contributed by atoms with E-state index in [1.807, 2.05) is 47.5 Å². The Morgan fingerprint density at radius 1 is 1.33 bits per heavy atom. The Hall–Kier alpha value is -1.56. The lowest BCUT2D eigenvalue weighted by Crippen LogP contribution is -2.48. The fourth-order valence-corrected chi connectivity index (χ4v) is 3.77. The highest BCUT2D eigenvalue weighted by Crippen LogP contribution is 2.24. The van der Waals surface area contributed by atoms with Gasteiger partial charge in [-0.05, 0) is 35.9 Å². The minimum Gasteiger partial charge on any atom is -0.333 e. The molecule has 24 heavy (non-hydrogen) atoms. The van der Waals surface area contributed by atoms with E-state index in [2.05, 4.69) is 10.3 Å². The number of rotatable bonds is 5. The van der Waals surface area contributed by atoms with Crippen LogP contribution < -0.4 is 5.32 Å². The summed E-state index contributed by atoms with van der Waals surface area (Å²) in [5.41, 5.74) is 1.09. The number of hydrogen-bond acceptors (Lipinski definition) is 4. The highest BCUT2D eigenvalue weighted by atomic mass is 35.5. The van der Waals surface area contributed by atoms with Gasteiger partial charge in [-0.2, -0.15) is 0 Å². The minimum atomic E-state index is 0.0699. The zero-order valence-corrected chi connectivity index (χ0v) is 14.9. The van der Waals surface area contributed by atoms with Crippen molar-refractivity contribution < 1.29 is 4.79 Å². The molecule has 1 N–H and O–H groups in total. The van der Waals surface area contributed by atoms with Crippen molar-refractivity contribution in [2.75, 3.05) is 25.4 Å². The summed E-state index contributed by atoms with van der Waals surface area (Å²) in [6.07, 6.45) is 4.14. The molecule has 4 nitrogen and oxygen atoms in total. The molecule has 1 unspecified atom stereocenters. The number of nitrogens with one attached hydrogen (secondary N) is 1. The highest BCUT2D eigenvalue weighted by Gasteiger charge is 2.27. The van der Waals surface area contributed by atoms with Crippen molar-refractivity contribution >= 4 is 29.3 Å². The van der Waals surface area contributed by atoms with Gasteiger partial charge in [0.15, 0.2) is 0 Å². The smallest absolute Gasteiger partial charge is 0.224 e. The number of piperazine rings is 1. The molecule has 1 saturated heterocycles. The van der Waals surface area contributed by atoms with E-state index < -0.39 is 0 Å². The van der Waals surface area contributed by atoms with E-state index in [1.54, 1.807) is 18.0 Å². The number of amides is 1. The van der Waals surface area contributed by atoms with E-state index in [0.717, 1.165) is 40.9 Å². The first-order valence-corrected chi connectivity index (χ1v) is 9.39. The zero-order valence-electron chi connectivity index (χ0n) is 13.3. The van der Waals surface area contributed by atoms with E-state index in [9.17, 15) is 4.79 Å². The third kappa shape index (κ3) is 4.50. The van der Waals surface area contributed by atoms with Gasteiger partial charge >= 0.3 is 0 Å². The van der Waals surface area contributed by atoms with Gasteiger partial charge in [0.2, 0.25) is 5.91 Å². The Bertz CT molecular complexity index is 666. The molecule has 2 heterocycles. The van der Waals surface area contributed by atoms with Crippen LogP contribution in [0.1, 0.15) is 18.0 Å². The van der Waals surface area contributed by atoms with Gasteiger partial charge < -0.3 is 10.2 Å². The molecule has 0 saturated carbocycles. The van der Waals surface area contributed by atoms with Crippen LogP contribution in [0.25, 0.3) is 0 Å². The van der Waals surface area contributed by atoms with E-state index >= 15 is 0 Å². The number of carbonyl (C=O) groups is 1. The Morgan fingerprint density at radius 3 is 2.92 bits per heavy atom. The predicted octanol–water partition coefficient (Wildman–Crippen LogP) is 3.39. The quantitative estimate of drug-likeness (QED) is 0.829. The summed E-state index contributed by atoms with van der Waals surface area (Å²) >= 11 is 7.58. The first-order chi connectivity index (χ1) is 11.7. The molecule has 2 aromatic rings. The number of nitrogens with zero attached hydrogens (tertiary/aromatic N) is 2. The minimum absolute atomic E-state index is 0.0699. The zero-order chi connectivity index (χ0) is 16.8. The summed E-state index contributed by atoms with van der Waals surface area (Å²) in [7, 11) is 0. The maximum atomic E-state index is 12.7. The van der Waals surface area contributed by atoms with Crippen molar-refractivity contribution in [3.05, 3.63) is 59.4 Å². The number of hydrogen-bond donors (Lipinski definition) is 1. The molecule has 0 bridgehead atoms. The fraction of sp³-hybridized carbons (Fsp3) is 0.333. The summed E-state index contributed by atoms with van der Waals surface area (Å²) in [6, 6.07) is 11.7. The Morgan fingerprint density at radius 2 is 2.17 bits per heavy atom. The molecule has 0 spiro atoms. The van der Waals surface area contributed by atoms with Crippen LogP contribution in [-0.2, 0) is 4.79 Å². The Labute approximate surface area is 151 Å². The van der Waals surface area contributed by atoms with Crippen molar-refractivity contribution in [1.29, 1.82) is 0 Å². The van der Waals surface area contributed by atoms with Gasteiger partial charge in [-0.25, -0.2) is 0 Å². The average molecular weight is 362 g/mol. The van der Waals surface area contributed by atoms with E-state index in [1.165, 1.54) is 0 Å². The van der Waals surface area contributed by atoms with Crippen LogP contribution in [0, 0.1) is 0 Å². The van der Waals surface area contributed by atoms with E-state index in [0.29, 0.717) is 6.42 Å². The van der Waals surface area contributed by atoms with Gasteiger partial charge in [0.25, 0.3) is 0 Å². The second-order valence-corrected chi connectivity index (χ2v) is 7.25. The molecule has 1 aliphatic rings. The lowest BCUT2D eigenvalue weighted by Gasteiger charge is -2.36. The van der Waals surface area contributed by atoms with Crippen LogP contribution in [0.15, 0.2) is 53.7 Å². The third-order valence-corrected chi connectivity index (χ3v) is 5.30. The highest BCUT2D eigenvalue weighted by molar-refractivity contribution is 7.99. The second-order valence-electron chi connectivity index (χ2n) is 5.65. The number of thioether (sulfide) groups is 1. The van der Waals surface area contributed by atoms with Crippen molar-refractivity contribution in [1.82, 2.24) is 15.2 Å². The van der Waals surface area contributed by atoms with Crippen LogP contribution in [0.3, 0.4) is 0 Å². The van der Waals surface area contributed by atoms with Crippen molar-refractivity contribution in [2.45, 2.75) is 17.4 Å². The van der Waals surface area contributed by atoms with Crippen molar-refractivity contribution in [3.8, 4) is 0 Å². The SMILES string of the molecule is O=C(CCSc1ccc(Cl)cc1)N1CCNCC1c1cccnc1. The molecule has 1 aromatic heterocycles. The molecule has 1 aromatic carbocycles. The summed E-state index contributed by atoms with van der Waals surface area (Å²) in [6.45, 7) is 2.36. The summed E-state index contributed by atoms with van der Waals surface area (Å²) in [5, 5.41) is 4.10. The molecule has 1 fully saturated rings. The predicted molar refractivity (Wildman–Crippen MR) is 98.4 cm³/mol. The van der Waals surface area contributed by atoms with E-state index in [4.69, 9.17) is 11.6 Å². The molecule has 1 amide bonds. The van der Waals surface area contributed by atoms with Gasteiger partial charge in [-0.15, -0.1) is 11.8 Å². The molecule has 3 rings (SSSR count). The summed E-state index contributed by atoms with van der Waals surface area (Å²) < 4.78 is 0. The van der Waals surface area contributed by atoms with Crippen molar-refractivity contribution in [2.24, 2.45) is 0 Å². The topological polar surface area (TPSA) is 45.2 Å². The van der Waals surface area contributed by atoms with Gasteiger partial charge in [-0.1, -0.05) is 17.7 Å². The lowest BCUT2D eigenvalue weighted by molar-refractivity contribution is -0.134. The molecule has 1 aliphatic heterocycles.